The molecule has 0 aliphatic carbocycles. The van der Waals surface area contributed by atoms with E-state index in [1.165, 1.54) is 0 Å². The molecule has 0 bridgehead atoms. The second-order valence-corrected chi connectivity index (χ2v) is 3.60. The molecule has 0 amide bonds. The summed E-state index contributed by atoms with van der Waals surface area (Å²) in [5.41, 5.74) is 1.68. The molecule has 1 heterocycles. The summed E-state index contributed by atoms with van der Waals surface area (Å²) in [4.78, 5) is 14.2. The second-order valence-electron chi connectivity index (χ2n) is 3.60. The van der Waals surface area contributed by atoms with Crippen LogP contribution in [0.1, 0.15) is 9.68 Å². The summed E-state index contributed by atoms with van der Waals surface area (Å²) in [6, 6.07) is 6.33. The summed E-state index contributed by atoms with van der Waals surface area (Å²) in [5.74, 6) is -1.18. The van der Waals surface area contributed by atoms with Crippen LogP contribution in [0.4, 0.5) is 0 Å². The van der Waals surface area contributed by atoms with E-state index in [1.54, 1.807) is 6.20 Å². The zero-order valence-electron chi connectivity index (χ0n) is 11.5. The molecule has 4 heteroatoms. The number of hydrogen-bond donors (Lipinski definition) is 3. The highest BCUT2D eigenvalue weighted by Crippen LogP contribution is 2.18. The SMILES string of the molecule is [2H]C([2H])([2H])N[C@@H](Cc1c[nH]c2ccccc12)C(=O)O. The smallest absolute Gasteiger partial charge is 0.321 e. The topological polar surface area (TPSA) is 65.1 Å². The fourth-order valence-electron chi connectivity index (χ4n) is 1.72. The van der Waals surface area contributed by atoms with E-state index in [1.807, 2.05) is 24.3 Å². The van der Waals surface area contributed by atoms with E-state index in [4.69, 9.17) is 9.22 Å². The van der Waals surface area contributed by atoms with Crippen LogP contribution in [0.2, 0.25) is 0 Å². The van der Waals surface area contributed by atoms with Gasteiger partial charge in [0.05, 0.1) is 0 Å². The Morgan fingerprint density at radius 3 is 3.19 bits per heavy atom. The van der Waals surface area contributed by atoms with Gasteiger partial charge in [-0.3, -0.25) is 4.79 Å². The summed E-state index contributed by atoms with van der Waals surface area (Å²) >= 11 is 0. The van der Waals surface area contributed by atoms with E-state index < -0.39 is 19.0 Å². The number of rotatable bonds is 4. The zero-order chi connectivity index (χ0) is 14.0. The predicted molar refractivity (Wildman–Crippen MR) is 62.5 cm³/mol. The fraction of sp³-hybridized carbons (Fsp3) is 0.250. The maximum Gasteiger partial charge on any atom is 0.321 e. The normalized spacial score (nSPS) is 16.4. The van der Waals surface area contributed by atoms with Crippen LogP contribution in [0.15, 0.2) is 30.5 Å². The van der Waals surface area contributed by atoms with Crippen LogP contribution < -0.4 is 5.32 Å². The maximum absolute atomic E-state index is 11.1. The lowest BCUT2D eigenvalue weighted by molar-refractivity contribution is -0.139. The van der Waals surface area contributed by atoms with Gasteiger partial charge in [-0.2, -0.15) is 0 Å². The van der Waals surface area contributed by atoms with E-state index in [0.717, 1.165) is 16.5 Å². The summed E-state index contributed by atoms with van der Waals surface area (Å²) in [6.07, 6.45) is 1.82. The van der Waals surface area contributed by atoms with Gasteiger partial charge in [0.15, 0.2) is 0 Å². The highest BCUT2D eigenvalue weighted by Gasteiger charge is 2.16. The molecule has 1 atom stereocenters. The number of aromatic nitrogens is 1. The second kappa shape index (κ2) is 4.37. The minimum atomic E-state index is -2.48. The van der Waals surface area contributed by atoms with Crippen molar-refractivity contribution in [1.82, 2.24) is 10.3 Å². The van der Waals surface area contributed by atoms with Crippen LogP contribution in [-0.4, -0.2) is 29.1 Å². The first kappa shape index (κ1) is 7.46. The molecule has 2 aromatic rings. The molecule has 0 unspecified atom stereocenters. The van der Waals surface area contributed by atoms with Crippen LogP contribution in [0.3, 0.4) is 0 Å². The van der Waals surface area contributed by atoms with Gasteiger partial charge < -0.3 is 15.4 Å². The highest BCUT2D eigenvalue weighted by atomic mass is 16.4. The molecular weight excluding hydrogens is 204 g/mol. The number of nitrogens with one attached hydrogen (secondary N) is 2. The summed E-state index contributed by atoms with van der Waals surface area (Å²) in [6.45, 7) is -2.48. The van der Waals surface area contributed by atoms with Crippen molar-refractivity contribution in [1.29, 1.82) is 0 Å². The molecule has 0 spiro atoms. The van der Waals surface area contributed by atoms with Gasteiger partial charge in [0.1, 0.15) is 6.04 Å². The number of benzene rings is 1. The Morgan fingerprint density at radius 1 is 1.62 bits per heavy atom. The number of hydrogen-bond acceptors (Lipinski definition) is 2. The Labute approximate surface area is 97.5 Å². The Morgan fingerprint density at radius 2 is 2.44 bits per heavy atom. The predicted octanol–water partition coefficient (Wildman–Crippen LogP) is 1.38. The van der Waals surface area contributed by atoms with E-state index >= 15 is 0 Å². The molecule has 0 aliphatic rings. The molecule has 1 aromatic carbocycles. The third kappa shape index (κ3) is 1.92. The first-order chi connectivity index (χ1) is 8.87. The van der Waals surface area contributed by atoms with E-state index in [2.05, 4.69) is 10.3 Å². The number of carbonyl (C=O) groups is 1. The van der Waals surface area contributed by atoms with Crippen molar-refractivity contribution < 1.29 is 14.0 Å². The van der Waals surface area contributed by atoms with Crippen LogP contribution in [0.25, 0.3) is 10.9 Å². The van der Waals surface area contributed by atoms with Crippen LogP contribution in [-0.2, 0) is 11.2 Å². The van der Waals surface area contributed by atoms with Gasteiger partial charge in [-0.1, -0.05) is 18.2 Å². The average molecular weight is 221 g/mol. The van der Waals surface area contributed by atoms with Gasteiger partial charge in [-0.15, -0.1) is 0 Å². The molecule has 0 saturated carbocycles. The Kier molecular flexibility index (Phi) is 2.04. The van der Waals surface area contributed by atoms with Gasteiger partial charge in [-0.25, -0.2) is 0 Å². The largest absolute Gasteiger partial charge is 0.480 e. The molecule has 3 N–H and O–H groups in total. The number of aliphatic carboxylic acids is 1. The van der Waals surface area contributed by atoms with Crippen LogP contribution >= 0.6 is 0 Å². The Bertz CT molecular complexity index is 592. The van der Waals surface area contributed by atoms with Crippen molar-refractivity contribution in [2.75, 3.05) is 6.98 Å². The molecule has 0 saturated heterocycles. The minimum absolute atomic E-state index is 0.109. The molecule has 2 rings (SSSR count). The molecule has 16 heavy (non-hydrogen) atoms. The Balaban J connectivity index is 2.24. The number of H-pyrrole nitrogens is 1. The van der Waals surface area contributed by atoms with Gasteiger partial charge in [-0.05, 0) is 18.6 Å². The average Bonchev–Trinajstić information content (AvgIpc) is 2.70. The number of para-hydroxylation sites is 1. The van der Waals surface area contributed by atoms with Crippen molar-refractivity contribution >= 4 is 16.9 Å². The molecule has 4 nitrogen and oxygen atoms in total. The maximum atomic E-state index is 11.1. The third-order valence-electron chi connectivity index (χ3n) is 2.57. The van der Waals surface area contributed by atoms with Crippen molar-refractivity contribution in [2.24, 2.45) is 0 Å². The quantitative estimate of drug-likeness (QED) is 0.730. The monoisotopic (exact) mass is 221 g/mol. The lowest BCUT2D eigenvalue weighted by atomic mass is 10.1. The van der Waals surface area contributed by atoms with Crippen LogP contribution in [0.5, 0.6) is 0 Å². The van der Waals surface area contributed by atoms with Crippen molar-refractivity contribution in [3.8, 4) is 0 Å². The number of likely N-dealkylation sites (N-methyl/N-ethyl adjacent to an activating group) is 1. The molecule has 1 aromatic heterocycles. The Hall–Kier alpha value is -1.81. The van der Waals surface area contributed by atoms with Crippen molar-refractivity contribution in [3.05, 3.63) is 36.0 Å². The number of aromatic amines is 1. The fourth-order valence-corrected chi connectivity index (χ4v) is 1.72. The molecule has 0 aliphatic heterocycles. The van der Waals surface area contributed by atoms with E-state index in [0.29, 0.717) is 0 Å². The van der Waals surface area contributed by atoms with E-state index in [-0.39, 0.29) is 6.42 Å². The number of carboxylic acid groups (broad SMARTS) is 1. The summed E-state index contributed by atoms with van der Waals surface area (Å²) in [7, 11) is 0. The lowest BCUT2D eigenvalue weighted by Crippen LogP contribution is -2.35. The van der Waals surface area contributed by atoms with E-state index in [9.17, 15) is 4.79 Å². The number of fused-ring (bicyclic) bond motifs is 1. The lowest BCUT2D eigenvalue weighted by Gasteiger charge is -2.09. The molecule has 84 valence electrons. The first-order valence-electron chi connectivity index (χ1n) is 6.42. The summed E-state index contributed by atoms with van der Waals surface area (Å²) < 4.78 is 21.3. The molecule has 0 fully saturated rings. The first-order valence-corrected chi connectivity index (χ1v) is 4.92. The van der Waals surface area contributed by atoms with Crippen molar-refractivity contribution in [3.63, 3.8) is 0 Å². The standard InChI is InChI=1S/C12H14N2O2/c1-13-11(12(15)16)6-8-7-14-10-5-3-2-4-9(8)10/h2-5,7,11,13-14H,6H2,1H3,(H,15,16)/t11-/m0/s1/i1D3. The number of carboxylic acids is 1. The highest BCUT2D eigenvalue weighted by molar-refractivity contribution is 5.84. The summed E-state index contributed by atoms with van der Waals surface area (Å²) in [5, 5.41) is 12.1. The van der Waals surface area contributed by atoms with Gasteiger partial charge in [0.2, 0.25) is 0 Å². The van der Waals surface area contributed by atoms with Crippen molar-refractivity contribution in [2.45, 2.75) is 12.5 Å². The van der Waals surface area contributed by atoms with Crippen LogP contribution in [0, 0.1) is 0 Å². The zero-order valence-corrected chi connectivity index (χ0v) is 8.53. The minimum Gasteiger partial charge on any atom is -0.480 e. The van der Waals surface area contributed by atoms with Gasteiger partial charge in [0, 0.05) is 27.6 Å². The van der Waals surface area contributed by atoms with Gasteiger partial charge in [0.25, 0.3) is 0 Å². The molecule has 0 radical (unpaired) electrons. The van der Waals surface area contributed by atoms with Gasteiger partial charge >= 0.3 is 5.97 Å². The third-order valence-corrected chi connectivity index (χ3v) is 2.57. The molecular formula is C12H14N2O2.